The number of hydrogen-bond acceptors (Lipinski definition) is 2. The van der Waals surface area contributed by atoms with Crippen molar-refractivity contribution in [2.75, 3.05) is 0 Å². The van der Waals surface area contributed by atoms with Gasteiger partial charge in [-0.25, -0.2) is 0 Å². The van der Waals surface area contributed by atoms with Gasteiger partial charge in [0.15, 0.2) is 0 Å². The van der Waals surface area contributed by atoms with Gasteiger partial charge in [0.25, 0.3) is 0 Å². The van der Waals surface area contributed by atoms with Crippen LogP contribution in [0.5, 0.6) is 11.5 Å². The molecule has 1 saturated carbocycles. The van der Waals surface area contributed by atoms with Gasteiger partial charge in [0, 0.05) is 0 Å². The average Bonchev–Trinajstić information content (AvgIpc) is 2.69. The maximum absolute atomic E-state index is 9.62. The topological polar surface area (TPSA) is 40.5 Å². The molecular formula is C24H24O2. The summed E-state index contributed by atoms with van der Waals surface area (Å²) in [5.41, 5.74) is 6.13. The van der Waals surface area contributed by atoms with Crippen LogP contribution in [0.4, 0.5) is 0 Å². The molecule has 0 aromatic heterocycles. The van der Waals surface area contributed by atoms with Gasteiger partial charge < -0.3 is 10.2 Å². The summed E-state index contributed by atoms with van der Waals surface area (Å²) in [4.78, 5) is 0. The SMILES string of the molecule is Oc1ccc(-c2ccc(-c3ccc(O)cc3)c(C3CCCCC3)c2)cc1. The first-order valence-corrected chi connectivity index (χ1v) is 9.43. The Morgan fingerprint density at radius 1 is 0.577 bits per heavy atom. The summed E-state index contributed by atoms with van der Waals surface area (Å²) in [5.74, 6) is 1.18. The normalized spacial score (nSPS) is 15.1. The summed E-state index contributed by atoms with van der Waals surface area (Å²) in [5, 5.41) is 19.2. The lowest BCUT2D eigenvalue weighted by molar-refractivity contribution is 0.444. The van der Waals surface area contributed by atoms with Gasteiger partial charge in [-0.2, -0.15) is 0 Å². The van der Waals surface area contributed by atoms with E-state index in [-0.39, 0.29) is 0 Å². The Balaban J connectivity index is 1.80. The molecule has 1 aliphatic rings. The highest BCUT2D eigenvalue weighted by molar-refractivity contribution is 5.75. The molecule has 0 unspecified atom stereocenters. The van der Waals surface area contributed by atoms with E-state index in [0.29, 0.717) is 17.4 Å². The van der Waals surface area contributed by atoms with Crippen LogP contribution in [-0.2, 0) is 0 Å². The zero-order valence-corrected chi connectivity index (χ0v) is 14.9. The molecule has 3 aromatic carbocycles. The van der Waals surface area contributed by atoms with Gasteiger partial charge in [-0.1, -0.05) is 61.7 Å². The molecule has 26 heavy (non-hydrogen) atoms. The summed E-state index contributed by atoms with van der Waals surface area (Å²) >= 11 is 0. The monoisotopic (exact) mass is 344 g/mol. The van der Waals surface area contributed by atoms with Gasteiger partial charge in [-0.15, -0.1) is 0 Å². The molecule has 1 fully saturated rings. The lowest BCUT2D eigenvalue weighted by atomic mass is 9.80. The molecule has 1 aliphatic carbocycles. The van der Waals surface area contributed by atoms with Crippen LogP contribution in [0.2, 0.25) is 0 Å². The first-order chi connectivity index (χ1) is 12.7. The molecule has 2 heteroatoms. The van der Waals surface area contributed by atoms with Crippen molar-refractivity contribution < 1.29 is 10.2 Å². The quantitative estimate of drug-likeness (QED) is 0.571. The number of hydrogen-bond donors (Lipinski definition) is 2. The van der Waals surface area contributed by atoms with Gasteiger partial charge in [0.2, 0.25) is 0 Å². The van der Waals surface area contributed by atoms with Crippen molar-refractivity contribution in [2.24, 2.45) is 0 Å². The summed E-state index contributed by atoms with van der Waals surface area (Å²) in [6.07, 6.45) is 6.41. The molecule has 4 rings (SSSR count). The van der Waals surface area contributed by atoms with E-state index in [1.165, 1.54) is 48.8 Å². The van der Waals surface area contributed by atoms with Crippen molar-refractivity contribution >= 4 is 0 Å². The van der Waals surface area contributed by atoms with E-state index in [9.17, 15) is 10.2 Å². The smallest absolute Gasteiger partial charge is 0.115 e. The highest BCUT2D eigenvalue weighted by Crippen LogP contribution is 2.40. The third-order valence-electron chi connectivity index (χ3n) is 5.48. The molecule has 0 heterocycles. The Kier molecular flexibility index (Phi) is 4.66. The third-order valence-corrected chi connectivity index (χ3v) is 5.48. The van der Waals surface area contributed by atoms with Gasteiger partial charge >= 0.3 is 0 Å². The average molecular weight is 344 g/mol. The van der Waals surface area contributed by atoms with E-state index < -0.39 is 0 Å². The van der Waals surface area contributed by atoms with E-state index in [4.69, 9.17) is 0 Å². The molecular weight excluding hydrogens is 320 g/mol. The van der Waals surface area contributed by atoms with E-state index in [2.05, 4.69) is 18.2 Å². The predicted molar refractivity (Wildman–Crippen MR) is 106 cm³/mol. The fourth-order valence-electron chi connectivity index (χ4n) is 4.05. The standard InChI is InChI=1S/C24H24O2/c25-21-11-6-17(7-12-21)20-10-15-23(19-8-13-22(26)14-9-19)24(16-20)18-4-2-1-3-5-18/h6-16,18,25-26H,1-5H2. The van der Waals surface area contributed by atoms with E-state index in [1.54, 1.807) is 24.3 Å². The van der Waals surface area contributed by atoms with Crippen molar-refractivity contribution in [1.82, 2.24) is 0 Å². The van der Waals surface area contributed by atoms with Crippen LogP contribution in [0.3, 0.4) is 0 Å². The minimum absolute atomic E-state index is 0.293. The van der Waals surface area contributed by atoms with Gasteiger partial charge in [-0.3, -0.25) is 0 Å². The third kappa shape index (κ3) is 3.45. The maximum atomic E-state index is 9.62. The zero-order chi connectivity index (χ0) is 17.9. The first kappa shape index (κ1) is 16.7. The fourth-order valence-corrected chi connectivity index (χ4v) is 4.05. The lowest BCUT2D eigenvalue weighted by Gasteiger charge is -2.25. The first-order valence-electron chi connectivity index (χ1n) is 9.43. The van der Waals surface area contributed by atoms with Crippen LogP contribution in [0.15, 0.2) is 66.7 Å². The number of phenolic OH excluding ortho intramolecular Hbond substituents is 2. The molecule has 0 atom stereocenters. The fraction of sp³-hybridized carbons (Fsp3) is 0.250. The second-order valence-electron chi connectivity index (χ2n) is 7.23. The van der Waals surface area contributed by atoms with Gasteiger partial charge in [-0.05, 0) is 70.8 Å². The van der Waals surface area contributed by atoms with Gasteiger partial charge in [0.05, 0.1) is 0 Å². The highest BCUT2D eigenvalue weighted by atomic mass is 16.3. The number of benzene rings is 3. The Hall–Kier alpha value is -2.74. The largest absolute Gasteiger partial charge is 0.508 e. The molecule has 0 amide bonds. The Labute approximate surface area is 154 Å². The summed E-state index contributed by atoms with van der Waals surface area (Å²) in [7, 11) is 0. The summed E-state index contributed by atoms with van der Waals surface area (Å²) in [6.45, 7) is 0. The van der Waals surface area contributed by atoms with Crippen molar-refractivity contribution in [3.8, 4) is 33.8 Å². The Bertz CT molecular complexity index is 873. The van der Waals surface area contributed by atoms with Gasteiger partial charge in [0.1, 0.15) is 11.5 Å². The molecule has 3 aromatic rings. The maximum Gasteiger partial charge on any atom is 0.115 e. The zero-order valence-electron chi connectivity index (χ0n) is 14.9. The molecule has 0 saturated heterocycles. The van der Waals surface area contributed by atoms with Crippen molar-refractivity contribution in [1.29, 1.82) is 0 Å². The molecule has 2 N–H and O–H groups in total. The van der Waals surface area contributed by atoms with Crippen LogP contribution in [0.25, 0.3) is 22.3 Å². The minimum Gasteiger partial charge on any atom is -0.508 e. The molecule has 0 spiro atoms. The lowest BCUT2D eigenvalue weighted by Crippen LogP contribution is -2.06. The van der Waals surface area contributed by atoms with Crippen molar-refractivity contribution in [3.63, 3.8) is 0 Å². The second kappa shape index (κ2) is 7.25. The van der Waals surface area contributed by atoms with E-state index in [1.807, 2.05) is 24.3 Å². The van der Waals surface area contributed by atoms with Crippen LogP contribution >= 0.6 is 0 Å². The van der Waals surface area contributed by atoms with Crippen molar-refractivity contribution in [3.05, 3.63) is 72.3 Å². The molecule has 0 aliphatic heterocycles. The molecule has 0 bridgehead atoms. The van der Waals surface area contributed by atoms with E-state index >= 15 is 0 Å². The second-order valence-corrected chi connectivity index (χ2v) is 7.23. The Morgan fingerprint density at radius 2 is 1.12 bits per heavy atom. The molecule has 2 nitrogen and oxygen atoms in total. The number of rotatable bonds is 3. The minimum atomic E-state index is 0.293. The summed E-state index contributed by atoms with van der Waals surface area (Å²) < 4.78 is 0. The Morgan fingerprint density at radius 3 is 1.73 bits per heavy atom. The molecule has 0 radical (unpaired) electrons. The van der Waals surface area contributed by atoms with Crippen molar-refractivity contribution in [2.45, 2.75) is 38.0 Å². The van der Waals surface area contributed by atoms with Crippen LogP contribution in [0.1, 0.15) is 43.6 Å². The van der Waals surface area contributed by atoms with Crippen LogP contribution in [-0.4, -0.2) is 10.2 Å². The highest BCUT2D eigenvalue weighted by Gasteiger charge is 2.20. The predicted octanol–water partition coefficient (Wildman–Crippen LogP) is 6.48. The molecule has 132 valence electrons. The number of aromatic hydroxyl groups is 2. The summed E-state index contributed by atoms with van der Waals surface area (Å²) in [6, 6.07) is 21.6. The van der Waals surface area contributed by atoms with E-state index in [0.717, 1.165) is 11.1 Å². The number of phenols is 2. The van der Waals surface area contributed by atoms with Crippen LogP contribution in [0, 0.1) is 0 Å². The van der Waals surface area contributed by atoms with Crippen LogP contribution < -0.4 is 0 Å².